The van der Waals surface area contributed by atoms with Crippen molar-refractivity contribution in [2.75, 3.05) is 17.3 Å². The van der Waals surface area contributed by atoms with Crippen molar-refractivity contribution < 1.29 is 8.42 Å². The highest BCUT2D eigenvalue weighted by molar-refractivity contribution is 7.90. The molecule has 19 heavy (non-hydrogen) atoms. The lowest BCUT2D eigenvalue weighted by Gasteiger charge is -2.06. The molecule has 2 rings (SSSR count). The number of pyridine rings is 1. The van der Waals surface area contributed by atoms with Crippen molar-refractivity contribution in [3.05, 3.63) is 48.2 Å². The van der Waals surface area contributed by atoms with Gasteiger partial charge in [-0.15, -0.1) is 0 Å². The molecular formula is C13H15N3O2S. The van der Waals surface area contributed by atoms with Gasteiger partial charge in [0.15, 0.2) is 9.84 Å². The van der Waals surface area contributed by atoms with Crippen LogP contribution in [0.15, 0.2) is 47.5 Å². The largest absolute Gasteiger partial charge is 0.399 e. The van der Waals surface area contributed by atoms with Gasteiger partial charge in [0.2, 0.25) is 0 Å². The van der Waals surface area contributed by atoms with E-state index >= 15 is 0 Å². The number of hydrogen-bond acceptors (Lipinski definition) is 5. The number of benzene rings is 1. The molecule has 0 atom stereocenters. The minimum atomic E-state index is -3.14. The van der Waals surface area contributed by atoms with E-state index < -0.39 is 9.84 Å². The number of hydrogen-bond donors (Lipinski definition) is 2. The number of nitrogens with one attached hydrogen (secondary N) is 1. The van der Waals surface area contributed by atoms with Gasteiger partial charge in [-0.2, -0.15) is 0 Å². The maximum absolute atomic E-state index is 11.3. The first-order chi connectivity index (χ1) is 8.95. The fourth-order valence-electron chi connectivity index (χ4n) is 1.59. The fourth-order valence-corrected chi connectivity index (χ4v) is 2.22. The highest BCUT2D eigenvalue weighted by atomic mass is 32.2. The van der Waals surface area contributed by atoms with Crippen molar-refractivity contribution in [3.63, 3.8) is 0 Å². The molecule has 2 aromatic rings. The third-order valence-corrected chi connectivity index (χ3v) is 3.74. The van der Waals surface area contributed by atoms with Crippen molar-refractivity contribution in [1.29, 1.82) is 0 Å². The first kappa shape index (κ1) is 13.4. The van der Waals surface area contributed by atoms with Gasteiger partial charge < -0.3 is 11.1 Å². The van der Waals surface area contributed by atoms with E-state index in [9.17, 15) is 8.42 Å². The Hall–Kier alpha value is -2.08. The first-order valence-electron chi connectivity index (χ1n) is 5.69. The third kappa shape index (κ3) is 3.69. The van der Waals surface area contributed by atoms with Crippen LogP contribution in [-0.4, -0.2) is 19.7 Å². The van der Waals surface area contributed by atoms with Crippen molar-refractivity contribution in [1.82, 2.24) is 4.98 Å². The van der Waals surface area contributed by atoms with E-state index in [4.69, 9.17) is 5.73 Å². The first-order valence-corrected chi connectivity index (χ1v) is 7.59. The lowest BCUT2D eigenvalue weighted by molar-refractivity contribution is 0.602. The topological polar surface area (TPSA) is 85.1 Å². The minimum Gasteiger partial charge on any atom is -0.399 e. The molecule has 1 aromatic carbocycles. The maximum Gasteiger partial charge on any atom is 0.175 e. The van der Waals surface area contributed by atoms with Crippen LogP contribution in [0, 0.1) is 0 Å². The molecule has 0 unspecified atom stereocenters. The second-order valence-corrected chi connectivity index (χ2v) is 6.26. The van der Waals surface area contributed by atoms with Crippen LogP contribution in [0.5, 0.6) is 0 Å². The zero-order valence-electron chi connectivity index (χ0n) is 10.5. The number of anilines is 2. The van der Waals surface area contributed by atoms with Crippen molar-refractivity contribution in [2.24, 2.45) is 0 Å². The van der Waals surface area contributed by atoms with Crippen molar-refractivity contribution in [2.45, 2.75) is 11.4 Å². The number of sulfone groups is 1. The Morgan fingerprint density at radius 2 is 1.89 bits per heavy atom. The minimum absolute atomic E-state index is 0.318. The summed E-state index contributed by atoms with van der Waals surface area (Å²) in [5, 5.41) is 3.12. The van der Waals surface area contributed by atoms with Gasteiger partial charge in [-0.05, 0) is 23.8 Å². The molecule has 0 bridgehead atoms. The van der Waals surface area contributed by atoms with E-state index in [1.807, 2.05) is 0 Å². The second-order valence-electron chi connectivity index (χ2n) is 4.24. The molecule has 3 N–H and O–H groups in total. The molecule has 0 radical (unpaired) electrons. The van der Waals surface area contributed by atoms with Gasteiger partial charge in [0.1, 0.15) is 5.82 Å². The van der Waals surface area contributed by atoms with E-state index in [2.05, 4.69) is 10.3 Å². The van der Waals surface area contributed by atoms with Crippen molar-refractivity contribution in [3.8, 4) is 0 Å². The van der Waals surface area contributed by atoms with Crippen molar-refractivity contribution >= 4 is 21.3 Å². The quantitative estimate of drug-likeness (QED) is 0.888. The summed E-state index contributed by atoms with van der Waals surface area (Å²) in [6.45, 7) is 0.556. The van der Waals surface area contributed by atoms with Crippen LogP contribution >= 0.6 is 0 Å². The Kier molecular flexibility index (Phi) is 3.71. The monoisotopic (exact) mass is 277 g/mol. The predicted octanol–water partition coefficient (Wildman–Crippen LogP) is 1.68. The van der Waals surface area contributed by atoms with E-state index in [0.29, 0.717) is 22.9 Å². The molecule has 0 saturated carbocycles. The van der Waals surface area contributed by atoms with Crippen LogP contribution in [0.1, 0.15) is 5.56 Å². The second kappa shape index (κ2) is 5.27. The lowest BCUT2D eigenvalue weighted by atomic mass is 10.2. The number of rotatable bonds is 4. The third-order valence-electron chi connectivity index (χ3n) is 2.61. The summed E-state index contributed by atoms with van der Waals surface area (Å²) in [4.78, 5) is 4.44. The van der Waals surface area contributed by atoms with Gasteiger partial charge in [-0.1, -0.05) is 12.1 Å². The molecule has 0 amide bonds. The van der Waals surface area contributed by atoms with Crippen LogP contribution < -0.4 is 11.1 Å². The molecule has 0 aliphatic heterocycles. The van der Waals surface area contributed by atoms with E-state index in [0.717, 1.165) is 5.56 Å². The smallest absolute Gasteiger partial charge is 0.175 e. The number of nitrogens with two attached hydrogens (primary N) is 1. The van der Waals surface area contributed by atoms with Crippen LogP contribution in [0.2, 0.25) is 0 Å². The molecule has 1 heterocycles. The molecule has 5 nitrogen and oxygen atoms in total. The van der Waals surface area contributed by atoms with Gasteiger partial charge in [-0.3, -0.25) is 0 Å². The molecule has 0 fully saturated rings. The Morgan fingerprint density at radius 1 is 1.21 bits per heavy atom. The predicted molar refractivity (Wildman–Crippen MR) is 75.5 cm³/mol. The Balaban J connectivity index is 2.05. The van der Waals surface area contributed by atoms with Gasteiger partial charge in [0, 0.05) is 30.8 Å². The lowest BCUT2D eigenvalue weighted by Crippen LogP contribution is -2.03. The molecule has 0 spiro atoms. The molecular weight excluding hydrogens is 262 g/mol. The van der Waals surface area contributed by atoms with E-state index in [1.54, 1.807) is 42.6 Å². The molecule has 0 aliphatic carbocycles. The summed E-state index contributed by atoms with van der Waals surface area (Å²) in [6, 6.07) is 10.2. The summed E-state index contributed by atoms with van der Waals surface area (Å²) in [6.07, 6.45) is 2.82. The highest BCUT2D eigenvalue weighted by Gasteiger charge is 2.05. The van der Waals surface area contributed by atoms with E-state index in [-0.39, 0.29) is 0 Å². The van der Waals surface area contributed by atoms with Crippen LogP contribution in [-0.2, 0) is 16.4 Å². The van der Waals surface area contributed by atoms with Crippen LogP contribution in [0.25, 0.3) is 0 Å². The van der Waals surface area contributed by atoms with Gasteiger partial charge in [0.05, 0.1) is 4.90 Å². The maximum atomic E-state index is 11.3. The number of nitrogens with zero attached hydrogens (tertiary/aromatic N) is 1. The van der Waals surface area contributed by atoms with Gasteiger partial charge >= 0.3 is 0 Å². The zero-order chi connectivity index (χ0) is 13.9. The zero-order valence-corrected chi connectivity index (χ0v) is 11.3. The number of aromatic nitrogens is 1. The molecule has 100 valence electrons. The molecule has 0 aliphatic rings. The average Bonchev–Trinajstić information content (AvgIpc) is 2.36. The van der Waals surface area contributed by atoms with Crippen LogP contribution in [0.3, 0.4) is 0 Å². The Labute approximate surface area is 112 Å². The molecule has 0 saturated heterocycles. The summed E-state index contributed by atoms with van der Waals surface area (Å²) in [5.74, 6) is 0.687. The van der Waals surface area contributed by atoms with Gasteiger partial charge in [-0.25, -0.2) is 13.4 Å². The standard InChI is InChI=1S/C13H15N3O2S/c1-19(17,18)12-4-2-10(3-5-12)9-16-13-8-11(14)6-7-15-13/h2-8H,9H2,1H3,(H3,14,15,16). The van der Waals surface area contributed by atoms with Gasteiger partial charge in [0.25, 0.3) is 0 Å². The SMILES string of the molecule is CS(=O)(=O)c1ccc(CNc2cc(N)ccn2)cc1. The summed E-state index contributed by atoms with van der Waals surface area (Å²) in [7, 11) is -3.14. The molecule has 6 heteroatoms. The summed E-state index contributed by atoms with van der Waals surface area (Å²) >= 11 is 0. The summed E-state index contributed by atoms with van der Waals surface area (Å²) < 4.78 is 22.6. The Morgan fingerprint density at radius 3 is 2.47 bits per heavy atom. The molecule has 1 aromatic heterocycles. The summed E-state index contributed by atoms with van der Waals surface area (Å²) in [5.41, 5.74) is 7.26. The number of nitrogen functional groups attached to an aromatic ring is 1. The average molecular weight is 277 g/mol. The fraction of sp³-hybridized carbons (Fsp3) is 0.154. The van der Waals surface area contributed by atoms with Crippen LogP contribution in [0.4, 0.5) is 11.5 Å². The Bertz CT molecular complexity index is 667. The normalized spacial score (nSPS) is 11.2. The highest BCUT2D eigenvalue weighted by Crippen LogP contribution is 2.13. The van der Waals surface area contributed by atoms with E-state index in [1.165, 1.54) is 6.26 Å².